The number of aliphatic hydroxyl groups is 1. The second-order valence-electron chi connectivity index (χ2n) is 7.29. The van der Waals surface area contributed by atoms with Gasteiger partial charge in [0.15, 0.2) is 0 Å². The minimum absolute atomic E-state index is 0.210. The van der Waals surface area contributed by atoms with Crippen molar-refractivity contribution in [2.75, 3.05) is 5.32 Å². The summed E-state index contributed by atoms with van der Waals surface area (Å²) < 4.78 is 51.2. The number of aliphatic hydroxyl groups excluding tert-OH is 1. The third-order valence-electron chi connectivity index (χ3n) is 4.81. The number of anilines is 1. The average Bonchev–Trinajstić information content (AvgIpc) is 2.66. The molecule has 0 spiro atoms. The summed E-state index contributed by atoms with van der Waals surface area (Å²) in [6, 6.07) is 5.79. The van der Waals surface area contributed by atoms with Gasteiger partial charge in [-0.05, 0) is 35.9 Å². The van der Waals surface area contributed by atoms with Gasteiger partial charge in [-0.25, -0.2) is 4.39 Å². The van der Waals surface area contributed by atoms with Crippen molar-refractivity contribution in [1.82, 2.24) is 10.3 Å². The number of hydrogen-bond donors (Lipinski definition) is 3. The number of benzene rings is 1. The summed E-state index contributed by atoms with van der Waals surface area (Å²) >= 11 is 0. The van der Waals surface area contributed by atoms with Gasteiger partial charge in [0.25, 0.3) is 11.8 Å². The Balaban J connectivity index is 1.91. The summed E-state index contributed by atoms with van der Waals surface area (Å²) in [5.41, 5.74) is -2.43. The largest absolute Gasteiger partial charge is 0.511 e. The van der Waals surface area contributed by atoms with Gasteiger partial charge in [-0.2, -0.15) is 13.2 Å². The Bertz CT molecular complexity index is 1010. The van der Waals surface area contributed by atoms with E-state index in [1.54, 1.807) is 0 Å². The summed E-state index contributed by atoms with van der Waals surface area (Å²) in [7, 11) is 0. The van der Waals surface area contributed by atoms with Crippen molar-refractivity contribution in [1.29, 1.82) is 0 Å². The molecule has 3 rings (SSSR count). The fraction of sp³-hybridized carbons (Fsp3) is 0.250. The summed E-state index contributed by atoms with van der Waals surface area (Å²) in [4.78, 5) is 28.5. The smallest absolute Gasteiger partial charge is 0.433 e. The van der Waals surface area contributed by atoms with Gasteiger partial charge in [-0.15, -0.1) is 0 Å². The molecule has 2 aromatic rings. The molecule has 2 heterocycles. The number of amides is 2. The van der Waals surface area contributed by atoms with E-state index in [1.807, 2.05) is 0 Å². The zero-order chi connectivity index (χ0) is 22.3. The lowest BCUT2D eigenvalue weighted by atomic mass is 9.75. The molecule has 2 amide bonds. The molecule has 0 radical (unpaired) electrons. The molecular formula is C20H17F4N3O3. The molecule has 3 N–H and O–H groups in total. The Morgan fingerprint density at radius 3 is 2.33 bits per heavy atom. The maximum atomic E-state index is 13.0. The predicted molar refractivity (Wildman–Crippen MR) is 98.6 cm³/mol. The van der Waals surface area contributed by atoms with Crippen LogP contribution in [0.5, 0.6) is 0 Å². The van der Waals surface area contributed by atoms with Crippen LogP contribution in [0.1, 0.15) is 31.1 Å². The molecule has 1 unspecified atom stereocenters. The Hall–Kier alpha value is -3.43. The van der Waals surface area contributed by atoms with E-state index in [1.165, 1.54) is 26.0 Å². The normalized spacial score (nSPS) is 18.7. The second-order valence-corrected chi connectivity index (χ2v) is 7.29. The molecule has 30 heavy (non-hydrogen) atoms. The van der Waals surface area contributed by atoms with E-state index in [-0.39, 0.29) is 11.3 Å². The van der Waals surface area contributed by atoms with Crippen molar-refractivity contribution in [3.8, 4) is 0 Å². The summed E-state index contributed by atoms with van der Waals surface area (Å²) in [5.74, 6) is -2.86. The molecule has 0 saturated heterocycles. The van der Waals surface area contributed by atoms with Crippen LogP contribution in [-0.2, 0) is 15.8 Å². The molecule has 0 saturated carbocycles. The van der Waals surface area contributed by atoms with Crippen molar-refractivity contribution in [3.63, 3.8) is 0 Å². The van der Waals surface area contributed by atoms with E-state index in [0.717, 1.165) is 30.5 Å². The minimum atomic E-state index is -4.61. The van der Waals surface area contributed by atoms with Crippen LogP contribution >= 0.6 is 0 Å². The highest BCUT2D eigenvalue weighted by Gasteiger charge is 2.45. The van der Waals surface area contributed by atoms with Gasteiger partial charge >= 0.3 is 6.18 Å². The number of aromatic nitrogens is 1. The third-order valence-corrected chi connectivity index (χ3v) is 4.81. The fourth-order valence-electron chi connectivity index (χ4n) is 3.13. The monoisotopic (exact) mass is 423 g/mol. The van der Waals surface area contributed by atoms with Crippen LogP contribution < -0.4 is 10.6 Å². The quantitative estimate of drug-likeness (QED) is 0.516. The molecule has 1 aromatic heterocycles. The first-order valence-corrected chi connectivity index (χ1v) is 8.76. The molecular weight excluding hydrogens is 406 g/mol. The molecule has 1 aliphatic heterocycles. The first-order chi connectivity index (χ1) is 13.9. The van der Waals surface area contributed by atoms with E-state index in [4.69, 9.17) is 0 Å². The summed E-state index contributed by atoms with van der Waals surface area (Å²) in [6.45, 7) is 3.05. The minimum Gasteiger partial charge on any atom is -0.511 e. The lowest BCUT2D eigenvalue weighted by Gasteiger charge is -2.39. The number of alkyl halides is 3. The first-order valence-electron chi connectivity index (χ1n) is 8.76. The van der Waals surface area contributed by atoms with Crippen molar-refractivity contribution in [2.45, 2.75) is 26.1 Å². The molecule has 1 aliphatic rings. The van der Waals surface area contributed by atoms with Crippen LogP contribution in [-0.4, -0.2) is 21.9 Å². The predicted octanol–water partition coefficient (Wildman–Crippen LogP) is 3.89. The van der Waals surface area contributed by atoms with Crippen LogP contribution in [0.2, 0.25) is 0 Å². The second kappa shape index (κ2) is 7.43. The number of nitrogens with one attached hydrogen (secondary N) is 2. The highest BCUT2D eigenvalue weighted by molar-refractivity contribution is 6.23. The number of carbonyl (C=O) groups is 2. The van der Waals surface area contributed by atoms with E-state index in [0.29, 0.717) is 0 Å². The number of nitrogens with zero attached hydrogens (tertiary/aromatic N) is 1. The number of hydrogen-bond acceptors (Lipinski definition) is 4. The lowest BCUT2D eigenvalue weighted by Crippen LogP contribution is -2.47. The van der Waals surface area contributed by atoms with Gasteiger partial charge in [0.2, 0.25) is 0 Å². The Morgan fingerprint density at radius 2 is 1.80 bits per heavy atom. The van der Waals surface area contributed by atoms with Crippen molar-refractivity contribution in [2.24, 2.45) is 5.41 Å². The highest BCUT2D eigenvalue weighted by Crippen LogP contribution is 2.43. The molecule has 1 atom stereocenters. The van der Waals surface area contributed by atoms with Crippen LogP contribution in [0.4, 0.5) is 23.2 Å². The lowest BCUT2D eigenvalue weighted by molar-refractivity contribution is -0.141. The molecule has 6 nitrogen and oxygen atoms in total. The van der Waals surface area contributed by atoms with Crippen LogP contribution in [0.25, 0.3) is 0 Å². The zero-order valence-corrected chi connectivity index (χ0v) is 15.8. The number of carbonyl (C=O) groups excluding carboxylic acids is 2. The van der Waals surface area contributed by atoms with Gasteiger partial charge in [-0.3, -0.25) is 14.6 Å². The van der Waals surface area contributed by atoms with Gasteiger partial charge in [0.05, 0.1) is 6.04 Å². The maximum Gasteiger partial charge on any atom is 0.433 e. The maximum absolute atomic E-state index is 13.0. The van der Waals surface area contributed by atoms with Gasteiger partial charge in [-0.1, -0.05) is 19.9 Å². The molecule has 1 aromatic carbocycles. The van der Waals surface area contributed by atoms with Gasteiger partial charge in [0, 0.05) is 17.3 Å². The zero-order valence-electron chi connectivity index (χ0n) is 15.8. The van der Waals surface area contributed by atoms with Crippen LogP contribution in [0, 0.1) is 11.2 Å². The Morgan fingerprint density at radius 1 is 1.17 bits per heavy atom. The van der Waals surface area contributed by atoms with E-state index >= 15 is 0 Å². The van der Waals surface area contributed by atoms with Crippen molar-refractivity contribution < 1.29 is 32.3 Å². The number of pyridine rings is 1. The number of rotatable bonds is 3. The van der Waals surface area contributed by atoms with Crippen molar-refractivity contribution >= 4 is 17.5 Å². The van der Waals surface area contributed by atoms with E-state index in [9.17, 15) is 32.3 Å². The molecule has 0 aliphatic carbocycles. The summed E-state index contributed by atoms with van der Waals surface area (Å²) in [6.07, 6.45) is -3.65. The highest BCUT2D eigenvalue weighted by atomic mass is 19.4. The van der Waals surface area contributed by atoms with Gasteiger partial charge in [0.1, 0.15) is 22.8 Å². The molecule has 158 valence electrons. The van der Waals surface area contributed by atoms with Gasteiger partial charge < -0.3 is 15.7 Å². The standard InChI is InChI=1S/C20H17F4N3O3/c1-19(2)15(10-3-8-13(25-9-10)20(22,23)24)27-18(30)14(16(19)28)17(29)26-12-6-4-11(21)5-7-12/h3-9,15,28H,1-2H3,(H,26,29)(H,27,30). The van der Waals surface area contributed by atoms with Crippen LogP contribution in [0.3, 0.4) is 0 Å². The topological polar surface area (TPSA) is 91.3 Å². The van der Waals surface area contributed by atoms with E-state index in [2.05, 4.69) is 15.6 Å². The third kappa shape index (κ3) is 3.98. The average molecular weight is 423 g/mol. The summed E-state index contributed by atoms with van der Waals surface area (Å²) in [5, 5.41) is 15.6. The molecule has 10 heteroatoms. The van der Waals surface area contributed by atoms with Crippen molar-refractivity contribution in [3.05, 3.63) is 71.0 Å². The number of halogens is 4. The SMILES string of the molecule is CC1(C)C(O)=C(C(=O)Nc2ccc(F)cc2)C(=O)NC1c1ccc(C(F)(F)F)nc1. The Kier molecular flexibility index (Phi) is 5.27. The fourth-order valence-corrected chi connectivity index (χ4v) is 3.13. The molecule has 0 bridgehead atoms. The molecule has 0 fully saturated rings. The first kappa shape index (κ1) is 21.3. The van der Waals surface area contributed by atoms with Crippen LogP contribution in [0.15, 0.2) is 53.9 Å². The van der Waals surface area contributed by atoms with E-state index < -0.39 is 52.3 Å². The Labute approximate surface area is 168 Å².